The van der Waals surface area contributed by atoms with E-state index >= 15 is 0 Å². The summed E-state index contributed by atoms with van der Waals surface area (Å²) in [5.41, 5.74) is -0.477. The number of rotatable bonds is 5. The van der Waals surface area contributed by atoms with Gasteiger partial charge in [0, 0.05) is 12.3 Å². The van der Waals surface area contributed by atoms with Gasteiger partial charge in [-0.1, -0.05) is 11.8 Å². The molecule has 1 unspecified atom stereocenters. The Labute approximate surface area is 162 Å². The van der Waals surface area contributed by atoms with Gasteiger partial charge in [0.05, 0.1) is 29.0 Å². The number of nitrogens with one attached hydrogen (secondary N) is 1. The van der Waals surface area contributed by atoms with Gasteiger partial charge in [0.1, 0.15) is 11.5 Å². The third kappa shape index (κ3) is 5.01. The van der Waals surface area contributed by atoms with Crippen LogP contribution in [0, 0.1) is 6.92 Å². The van der Waals surface area contributed by atoms with Crippen LogP contribution in [0.2, 0.25) is 0 Å². The SMILES string of the molecule is Cc1cc(NC(=O)CSc2nccc(C(F)(F)F)n2)n(C2CCS(=O)(=O)C2)n1. The van der Waals surface area contributed by atoms with Crippen molar-refractivity contribution in [2.45, 2.75) is 30.7 Å². The summed E-state index contributed by atoms with van der Waals surface area (Å²) < 4.78 is 62.9. The van der Waals surface area contributed by atoms with E-state index in [1.807, 2.05) is 0 Å². The third-order valence-electron chi connectivity index (χ3n) is 3.94. The van der Waals surface area contributed by atoms with E-state index in [2.05, 4.69) is 20.4 Å². The molecule has 13 heteroatoms. The zero-order chi connectivity index (χ0) is 20.5. The maximum absolute atomic E-state index is 12.7. The Kier molecular flexibility index (Phi) is 5.66. The number of amides is 1. The average molecular weight is 435 g/mol. The third-order valence-corrected chi connectivity index (χ3v) is 6.55. The highest BCUT2D eigenvalue weighted by Gasteiger charge is 2.33. The van der Waals surface area contributed by atoms with Gasteiger partial charge in [-0.2, -0.15) is 18.3 Å². The lowest BCUT2D eigenvalue weighted by atomic mass is 10.3. The molecule has 152 valence electrons. The van der Waals surface area contributed by atoms with Crippen LogP contribution in [-0.4, -0.2) is 51.3 Å². The molecule has 3 heterocycles. The lowest BCUT2D eigenvalue weighted by Crippen LogP contribution is -2.20. The van der Waals surface area contributed by atoms with Crippen molar-refractivity contribution in [2.24, 2.45) is 0 Å². The quantitative estimate of drug-likeness (QED) is 0.566. The first-order chi connectivity index (χ1) is 13.0. The zero-order valence-corrected chi connectivity index (χ0v) is 16.2. The fraction of sp³-hybridized carbons (Fsp3) is 0.467. The van der Waals surface area contributed by atoms with Gasteiger partial charge in [0.25, 0.3) is 0 Å². The number of halogens is 3. The molecule has 2 aromatic rings. The van der Waals surface area contributed by atoms with Crippen molar-refractivity contribution in [1.82, 2.24) is 19.7 Å². The van der Waals surface area contributed by atoms with Crippen molar-refractivity contribution in [1.29, 1.82) is 0 Å². The normalized spacial score (nSPS) is 18.9. The molecule has 8 nitrogen and oxygen atoms in total. The second-order valence-corrected chi connectivity index (χ2v) is 9.40. The first-order valence-electron chi connectivity index (χ1n) is 8.13. The Balaban J connectivity index is 1.65. The van der Waals surface area contributed by atoms with E-state index in [4.69, 9.17) is 0 Å². The van der Waals surface area contributed by atoms with E-state index in [9.17, 15) is 26.4 Å². The molecule has 0 spiro atoms. The summed E-state index contributed by atoms with van der Waals surface area (Å²) in [6.45, 7) is 1.71. The monoisotopic (exact) mass is 435 g/mol. The van der Waals surface area contributed by atoms with Crippen LogP contribution in [0.25, 0.3) is 0 Å². The molecule has 1 atom stereocenters. The second-order valence-electron chi connectivity index (χ2n) is 6.23. The Bertz CT molecular complexity index is 991. The van der Waals surface area contributed by atoms with Gasteiger partial charge in [-0.3, -0.25) is 4.79 Å². The van der Waals surface area contributed by atoms with Gasteiger partial charge in [-0.05, 0) is 19.4 Å². The predicted molar refractivity (Wildman–Crippen MR) is 95.7 cm³/mol. The smallest absolute Gasteiger partial charge is 0.310 e. The van der Waals surface area contributed by atoms with Crippen molar-refractivity contribution in [3.8, 4) is 0 Å². The minimum atomic E-state index is -4.59. The van der Waals surface area contributed by atoms with Crippen LogP contribution in [0.4, 0.5) is 19.0 Å². The lowest BCUT2D eigenvalue weighted by molar-refractivity contribution is -0.141. The van der Waals surface area contributed by atoms with Gasteiger partial charge >= 0.3 is 6.18 Å². The molecule has 0 saturated carbocycles. The Morgan fingerprint density at radius 3 is 2.82 bits per heavy atom. The van der Waals surface area contributed by atoms with Crippen LogP contribution in [0.15, 0.2) is 23.5 Å². The number of carbonyl (C=O) groups is 1. The van der Waals surface area contributed by atoms with Crippen molar-refractivity contribution < 1.29 is 26.4 Å². The van der Waals surface area contributed by atoms with E-state index in [0.717, 1.165) is 24.0 Å². The number of hydrogen-bond donors (Lipinski definition) is 1. The average Bonchev–Trinajstić information content (AvgIpc) is 3.14. The largest absolute Gasteiger partial charge is 0.433 e. The highest BCUT2D eigenvalue weighted by Crippen LogP contribution is 2.29. The number of aryl methyl sites for hydroxylation is 1. The molecule has 1 saturated heterocycles. The number of thioether (sulfide) groups is 1. The minimum absolute atomic E-state index is 0.0518. The fourth-order valence-corrected chi connectivity index (χ4v) is 5.06. The molecule has 28 heavy (non-hydrogen) atoms. The highest BCUT2D eigenvalue weighted by molar-refractivity contribution is 7.99. The molecule has 0 bridgehead atoms. The summed E-state index contributed by atoms with van der Waals surface area (Å²) in [6.07, 6.45) is -3.21. The maximum atomic E-state index is 12.7. The van der Waals surface area contributed by atoms with Gasteiger partial charge in [-0.15, -0.1) is 0 Å². The Morgan fingerprint density at radius 2 is 2.18 bits per heavy atom. The summed E-state index contributed by atoms with van der Waals surface area (Å²) >= 11 is 0.763. The van der Waals surface area contributed by atoms with Crippen molar-refractivity contribution in [3.05, 3.63) is 29.7 Å². The van der Waals surface area contributed by atoms with Gasteiger partial charge in [0.15, 0.2) is 15.0 Å². The molecule has 0 aliphatic carbocycles. The number of anilines is 1. The number of hydrogen-bond acceptors (Lipinski definition) is 7. The van der Waals surface area contributed by atoms with Crippen molar-refractivity contribution >= 4 is 33.3 Å². The van der Waals surface area contributed by atoms with Crippen LogP contribution in [0.5, 0.6) is 0 Å². The number of sulfone groups is 1. The number of nitrogens with zero attached hydrogens (tertiary/aromatic N) is 4. The second kappa shape index (κ2) is 7.70. The molecule has 1 fully saturated rings. The Hall–Kier alpha value is -2.15. The zero-order valence-electron chi connectivity index (χ0n) is 14.6. The van der Waals surface area contributed by atoms with Crippen LogP contribution in [0.1, 0.15) is 23.9 Å². The molecule has 1 aliphatic heterocycles. The molecule has 1 amide bonds. The summed E-state index contributed by atoms with van der Waals surface area (Å²) in [5, 5.41) is 6.70. The van der Waals surface area contributed by atoms with E-state index in [0.29, 0.717) is 17.9 Å². The first kappa shape index (κ1) is 20.6. The molecular weight excluding hydrogens is 419 g/mol. The number of aromatic nitrogens is 4. The molecule has 3 rings (SSSR count). The van der Waals surface area contributed by atoms with Gasteiger partial charge in [0.2, 0.25) is 5.91 Å². The number of alkyl halides is 3. The fourth-order valence-electron chi connectivity index (χ4n) is 2.73. The summed E-state index contributed by atoms with van der Waals surface area (Å²) in [4.78, 5) is 19.3. The summed E-state index contributed by atoms with van der Waals surface area (Å²) in [5.74, 6) is -0.353. The summed E-state index contributed by atoms with van der Waals surface area (Å²) in [7, 11) is -3.13. The topological polar surface area (TPSA) is 107 Å². The van der Waals surface area contributed by atoms with Crippen LogP contribution < -0.4 is 5.32 Å². The molecule has 0 aromatic carbocycles. The maximum Gasteiger partial charge on any atom is 0.433 e. The Morgan fingerprint density at radius 1 is 1.43 bits per heavy atom. The van der Waals surface area contributed by atoms with Crippen LogP contribution in [0.3, 0.4) is 0 Å². The van der Waals surface area contributed by atoms with Crippen molar-refractivity contribution in [3.63, 3.8) is 0 Å². The predicted octanol–water partition coefficient (Wildman–Crippen LogP) is 2.09. The molecular formula is C15H16F3N5O3S2. The lowest BCUT2D eigenvalue weighted by Gasteiger charge is -2.13. The molecule has 1 aliphatic rings. The van der Waals surface area contributed by atoms with E-state index in [-0.39, 0.29) is 28.5 Å². The number of carbonyl (C=O) groups excluding carboxylic acids is 1. The molecule has 0 radical (unpaired) electrons. The van der Waals surface area contributed by atoms with E-state index < -0.39 is 27.6 Å². The van der Waals surface area contributed by atoms with E-state index in [1.54, 1.807) is 13.0 Å². The van der Waals surface area contributed by atoms with E-state index in [1.165, 1.54) is 4.68 Å². The molecule has 2 aromatic heterocycles. The summed E-state index contributed by atoms with van der Waals surface area (Å²) in [6, 6.07) is 1.99. The van der Waals surface area contributed by atoms with Gasteiger partial charge < -0.3 is 5.32 Å². The van der Waals surface area contributed by atoms with Gasteiger partial charge in [-0.25, -0.2) is 23.1 Å². The molecule has 1 N–H and O–H groups in total. The highest BCUT2D eigenvalue weighted by atomic mass is 32.2. The van der Waals surface area contributed by atoms with Crippen molar-refractivity contribution in [2.75, 3.05) is 22.6 Å². The van der Waals surface area contributed by atoms with Crippen LogP contribution >= 0.6 is 11.8 Å². The first-order valence-corrected chi connectivity index (χ1v) is 10.9. The standard InChI is InChI=1S/C15H16F3N5O3S2/c1-9-6-12(23(22-9)10-3-5-28(25,26)8-10)21-13(24)7-27-14-19-4-2-11(20-14)15(16,17)18/h2,4,6,10H,3,5,7-8H2,1H3,(H,21,24). The minimum Gasteiger partial charge on any atom is -0.310 e. The van der Waals surface area contributed by atoms with Crippen LogP contribution in [-0.2, 0) is 20.8 Å².